The summed E-state index contributed by atoms with van der Waals surface area (Å²) in [6.07, 6.45) is 6.49. The molecule has 0 atom stereocenters. The smallest absolute Gasteiger partial charge is 0.254 e. The van der Waals surface area contributed by atoms with Gasteiger partial charge in [-0.05, 0) is 41.7 Å². The van der Waals surface area contributed by atoms with Crippen molar-refractivity contribution in [2.45, 2.75) is 12.8 Å². The Hall–Kier alpha value is -3.74. The summed E-state index contributed by atoms with van der Waals surface area (Å²) in [6, 6.07) is 14.9. The number of amides is 1. The van der Waals surface area contributed by atoms with Crippen molar-refractivity contribution in [3.63, 3.8) is 0 Å². The molecule has 2 aromatic carbocycles. The number of nitrogens with two attached hydrogens (primary N) is 1. The molecule has 0 bridgehead atoms. The fourth-order valence-corrected chi connectivity index (χ4v) is 3.26. The van der Waals surface area contributed by atoms with E-state index < -0.39 is 0 Å². The molecule has 7 heteroatoms. The van der Waals surface area contributed by atoms with Gasteiger partial charge in [-0.25, -0.2) is 9.97 Å². The van der Waals surface area contributed by atoms with Gasteiger partial charge in [0.15, 0.2) is 0 Å². The molecule has 0 aliphatic rings. The lowest BCUT2D eigenvalue weighted by Crippen LogP contribution is -2.25. The quantitative estimate of drug-likeness (QED) is 0.496. The van der Waals surface area contributed by atoms with E-state index in [9.17, 15) is 4.79 Å². The Morgan fingerprint density at radius 1 is 1.03 bits per heavy atom. The second-order valence-electron chi connectivity index (χ2n) is 6.93. The van der Waals surface area contributed by atoms with Gasteiger partial charge in [-0.3, -0.25) is 9.48 Å². The number of rotatable bonds is 6. The summed E-state index contributed by atoms with van der Waals surface area (Å²) in [4.78, 5) is 19.7. The summed E-state index contributed by atoms with van der Waals surface area (Å²) in [5, 5.41) is 8.31. The van der Waals surface area contributed by atoms with E-state index in [1.807, 2.05) is 17.9 Å². The number of aromatic nitrogens is 4. The number of carbonyl (C=O) groups is 1. The van der Waals surface area contributed by atoms with Gasteiger partial charge >= 0.3 is 0 Å². The van der Waals surface area contributed by atoms with Gasteiger partial charge in [0.1, 0.15) is 0 Å². The lowest BCUT2D eigenvalue weighted by molar-refractivity contribution is 0.0952. The van der Waals surface area contributed by atoms with Gasteiger partial charge in [-0.15, -0.1) is 0 Å². The third kappa shape index (κ3) is 4.24. The standard InChI is InChI=1S/C22H22N6O/c1-28-20-9-8-17(11-18(20)14-27-28)16-6-4-15(5-7-16)3-2-10-24-21(29)19-12-25-22(23)26-13-19/h4-9,11-14H,2-3,10H2,1H3,(H,24,29)(H2,23,25,26). The summed E-state index contributed by atoms with van der Waals surface area (Å²) >= 11 is 0. The van der Waals surface area contributed by atoms with Gasteiger partial charge in [-0.2, -0.15) is 5.10 Å². The molecular weight excluding hydrogens is 364 g/mol. The molecule has 0 fully saturated rings. The van der Waals surface area contributed by atoms with Crippen molar-refractivity contribution in [3.8, 4) is 11.1 Å². The Labute approximate surface area is 168 Å². The number of carbonyl (C=O) groups excluding carboxylic acids is 1. The number of benzene rings is 2. The normalized spacial score (nSPS) is 10.9. The highest BCUT2D eigenvalue weighted by molar-refractivity contribution is 5.93. The van der Waals surface area contributed by atoms with Crippen molar-refractivity contribution in [1.29, 1.82) is 0 Å². The zero-order valence-corrected chi connectivity index (χ0v) is 16.2. The second-order valence-corrected chi connectivity index (χ2v) is 6.93. The lowest BCUT2D eigenvalue weighted by atomic mass is 10.0. The van der Waals surface area contributed by atoms with Crippen molar-refractivity contribution in [3.05, 3.63) is 72.2 Å². The van der Waals surface area contributed by atoms with Crippen molar-refractivity contribution < 1.29 is 4.79 Å². The molecule has 0 spiro atoms. The van der Waals surface area contributed by atoms with Crippen LogP contribution in [0.3, 0.4) is 0 Å². The number of hydrogen-bond acceptors (Lipinski definition) is 5. The van der Waals surface area contributed by atoms with Crippen LogP contribution in [0.2, 0.25) is 0 Å². The third-order valence-electron chi connectivity index (χ3n) is 4.90. The number of nitrogen functional groups attached to an aromatic ring is 1. The molecule has 7 nitrogen and oxygen atoms in total. The Balaban J connectivity index is 1.31. The topological polar surface area (TPSA) is 98.7 Å². The van der Waals surface area contributed by atoms with Crippen LogP contribution in [0.4, 0.5) is 5.95 Å². The van der Waals surface area contributed by atoms with Crippen molar-refractivity contribution in [2.24, 2.45) is 7.05 Å². The molecule has 0 aliphatic heterocycles. The molecule has 0 aliphatic carbocycles. The highest BCUT2D eigenvalue weighted by Gasteiger charge is 2.06. The van der Waals surface area contributed by atoms with Crippen LogP contribution < -0.4 is 11.1 Å². The van der Waals surface area contributed by atoms with Gasteiger partial charge in [0.25, 0.3) is 5.91 Å². The van der Waals surface area contributed by atoms with Crippen LogP contribution in [0.25, 0.3) is 22.0 Å². The largest absolute Gasteiger partial charge is 0.368 e. The molecule has 1 amide bonds. The molecule has 3 N–H and O–H groups in total. The zero-order chi connectivity index (χ0) is 20.2. The van der Waals surface area contributed by atoms with E-state index in [1.165, 1.54) is 29.1 Å². The van der Waals surface area contributed by atoms with Gasteiger partial charge < -0.3 is 11.1 Å². The average molecular weight is 386 g/mol. The maximum Gasteiger partial charge on any atom is 0.254 e. The number of aryl methyl sites for hydroxylation is 2. The predicted octanol–water partition coefficient (Wildman–Crippen LogP) is 2.98. The highest BCUT2D eigenvalue weighted by Crippen LogP contribution is 2.24. The van der Waals surface area contributed by atoms with Gasteiger partial charge in [0.2, 0.25) is 5.95 Å². The summed E-state index contributed by atoms with van der Waals surface area (Å²) in [5.41, 5.74) is 10.6. The number of hydrogen-bond donors (Lipinski definition) is 2. The van der Waals surface area contributed by atoms with E-state index in [1.54, 1.807) is 0 Å². The zero-order valence-electron chi connectivity index (χ0n) is 16.2. The van der Waals surface area contributed by atoms with E-state index in [-0.39, 0.29) is 11.9 Å². The van der Waals surface area contributed by atoms with Crippen LogP contribution in [-0.4, -0.2) is 32.2 Å². The van der Waals surface area contributed by atoms with Gasteiger partial charge in [0.05, 0.1) is 17.3 Å². The van der Waals surface area contributed by atoms with Crippen LogP contribution in [0.5, 0.6) is 0 Å². The van der Waals surface area contributed by atoms with E-state index in [0.29, 0.717) is 12.1 Å². The Kier molecular flexibility index (Phi) is 5.20. The molecule has 0 radical (unpaired) electrons. The van der Waals surface area contributed by atoms with Crippen LogP contribution in [0, 0.1) is 0 Å². The molecule has 146 valence electrons. The SMILES string of the molecule is Cn1ncc2cc(-c3ccc(CCCNC(=O)c4cnc(N)nc4)cc3)ccc21. The Morgan fingerprint density at radius 3 is 2.52 bits per heavy atom. The molecule has 4 rings (SSSR count). The van der Waals surface area contributed by atoms with Gasteiger partial charge in [0, 0.05) is 31.4 Å². The predicted molar refractivity (Wildman–Crippen MR) is 113 cm³/mol. The number of anilines is 1. The number of fused-ring (bicyclic) bond motifs is 1. The minimum atomic E-state index is -0.189. The van der Waals surface area contributed by atoms with Gasteiger partial charge in [-0.1, -0.05) is 30.3 Å². The summed E-state index contributed by atoms with van der Waals surface area (Å²) < 4.78 is 1.88. The van der Waals surface area contributed by atoms with E-state index in [4.69, 9.17) is 5.73 Å². The van der Waals surface area contributed by atoms with Crippen LogP contribution >= 0.6 is 0 Å². The molecule has 0 saturated heterocycles. The molecule has 29 heavy (non-hydrogen) atoms. The summed E-state index contributed by atoms with van der Waals surface area (Å²) in [6.45, 7) is 0.586. The highest BCUT2D eigenvalue weighted by atomic mass is 16.1. The maximum absolute atomic E-state index is 12.0. The Bertz CT molecular complexity index is 1130. The van der Waals surface area contributed by atoms with Crippen molar-refractivity contribution >= 4 is 22.8 Å². The van der Waals surface area contributed by atoms with Crippen LogP contribution in [0.15, 0.2) is 61.1 Å². The Morgan fingerprint density at radius 2 is 1.76 bits per heavy atom. The van der Waals surface area contributed by atoms with E-state index in [2.05, 4.69) is 62.8 Å². The molecular formula is C22H22N6O. The van der Waals surface area contributed by atoms with Crippen LogP contribution in [0.1, 0.15) is 22.3 Å². The second kappa shape index (κ2) is 8.10. The lowest BCUT2D eigenvalue weighted by Gasteiger charge is -2.07. The third-order valence-corrected chi connectivity index (χ3v) is 4.90. The number of nitrogens with zero attached hydrogens (tertiary/aromatic N) is 4. The molecule has 2 heterocycles. The summed E-state index contributed by atoms with van der Waals surface area (Å²) in [7, 11) is 1.95. The summed E-state index contributed by atoms with van der Waals surface area (Å²) in [5.74, 6) is -0.0310. The fraction of sp³-hybridized carbons (Fsp3) is 0.182. The maximum atomic E-state index is 12.0. The first-order valence-electron chi connectivity index (χ1n) is 9.47. The first-order chi connectivity index (χ1) is 14.1. The first kappa shape index (κ1) is 18.6. The van der Waals surface area contributed by atoms with Crippen molar-refractivity contribution in [2.75, 3.05) is 12.3 Å². The molecule has 0 saturated carbocycles. The molecule has 4 aromatic rings. The minimum absolute atomic E-state index is 0.158. The molecule has 2 aromatic heterocycles. The van der Waals surface area contributed by atoms with Crippen LogP contribution in [-0.2, 0) is 13.5 Å². The van der Waals surface area contributed by atoms with E-state index in [0.717, 1.165) is 23.7 Å². The molecule has 0 unspecified atom stereocenters. The average Bonchev–Trinajstić information content (AvgIpc) is 3.12. The van der Waals surface area contributed by atoms with E-state index >= 15 is 0 Å². The first-order valence-corrected chi connectivity index (χ1v) is 9.47. The minimum Gasteiger partial charge on any atom is -0.368 e. The van der Waals surface area contributed by atoms with Crippen molar-refractivity contribution in [1.82, 2.24) is 25.1 Å². The number of nitrogens with one attached hydrogen (secondary N) is 1. The monoisotopic (exact) mass is 386 g/mol. The fourth-order valence-electron chi connectivity index (χ4n) is 3.26.